The molecule has 16 heavy (non-hydrogen) atoms. The van der Waals surface area contributed by atoms with E-state index in [1.54, 1.807) is 6.07 Å². The predicted octanol–water partition coefficient (Wildman–Crippen LogP) is 1.32. The number of rotatable bonds is 4. The highest BCUT2D eigenvalue weighted by Crippen LogP contribution is 2.12. The van der Waals surface area contributed by atoms with E-state index in [0.29, 0.717) is 6.42 Å². The Morgan fingerprint density at radius 1 is 1.75 bits per heavy atom. The van der Waals surface area contributed by atoms with E-state index in [4.69, 9.17) is 6.42 Å². The molecule has 1 aromatic rings. The zero-order valence-corrected chi connectivity index (χ0v) is 9.10. The third-order valence-electron chi connectivity index (χ3n) is 2.09. The molecule has 0 fully saturated rings. The topological polar surface area (TPSA) is 62.2 Å². The van der Waals surface area contributed by atoms with Crippen LogP contribution < -0.4 is 5.32 Å². The Bertz CT molecular complexity index is 410. The van der Waals surface area contributed by atoms with E-state index in [1.165, 1.54) is 12.3 Å². The lowest BCUT2D eigenvalue weighted by Crippen LogP contribution is -2.34. The fraction of sp³-hybridized carbons (Fsp3) is 0.333. The van der Waals surface area contributed by atoms with Crippen molar-refractivity contribution in [3.05, 3.63) is 24.0 Å². The molecule has 0 aromatic carbocycles. The average Bonchev–Trinajstić information content (AvgIpc) is 2.28. The Morgan fingerprint density at radius 3 is 3.06 bits per heavy atom. The van der Waals surface area contributed by atoms with Gasteiger partial charge in [-0.05, 0) is 18.6 Å². The highest BCUT2D eigenvalue weighted by molar-refractivity contribution is 5.95. The normalized spacial score (nSPS) is 11.5. The molecule has 0 saturated carbocycles. The van der Waals surface area contributed by atoms with Gasteiger partial charge in [-0.3, -0.25) is 4.79 Å². The molecule has 1 aromatic heterocycles. The third kappa shape index (κ3) is 2.99. The van der Waals surface area contributed by atoms with Gasteiger partial charge in [-0.15, -0.1) is 6.42 Å². The summed E-state index contributed by atoms with van der Waals surface area (Å²) in [4.78, 5) is 15.5. The van der Waals surface area contributed by atoms with Gasteiger partial charge < -0.3 is 10.4 Å². The number of aromatic nitrogens is 1. The quantitative estimate of drug-likeness (QED) is 0.749. The van der Waals surface area contributed by atoms with Crippen LogP contribution in [0.3, 0.4) is 0 Å². The number of aromatic hydroxyl groups is 1. The molecule has 1 amide bonds. The number of hydrogen-bond acceptors (Lipinski definition) is 3. The minimum atomic E-state index is -0.450. The maximum Gasteiger partial charge on any atom is 0.274 e. The van der Waals surface area contributed by atoms with Crippen molar-refractivity contribution in [3.8, 4) is 18.1 Å². The summed E-state index contributed by atoms with van der Waals surface area (Å²) in [6.07, 6.45) is 8.30. The second kappa shape index (κ2) is 5.76. The number of carbonyl (C=O) groups excluding carboxylic acids is 1. The van der Waals surface area contributed by atoms with E-state index in [-0.39, 0.29) is 17.5 Å². The van der Waals surface area contributed by atoms with E-state index in [1.807, 2.05) is 6.92 Å². The van der Waals surface area contributed by atoms with Gasteiger partial charge in [0.05, 0.1) is 6.04 Å². The molecular formula is C12H14N2O2. The molecule has 4 nitrogen and oxygen atoms in total. The Hall–Kier alpha value is -2.02. The van der Waals surface area contributed by atoms with Crippen molar-refractivity contribution in [3.63, 3.8) is 0 Å². The van der Waals surface area contributed by atoms with Crippen molar-refractivity contribution in [1.29, 1.82) is 0 Å². The van der Waals surface area contributed by atoms with Crippen LogP contribution in [0.4, 0.5) is 0 Å². The van der Waals surface area contributed by atoms with Gasteiger partial charge >= 0.3 is 0 Å². The van der Waals surface area contributed by atoms with E-state index >= 15 is 0 Å². The Morgan fingerprint density at radius 2 is 2.50 bits per heavy atom. The summed E-state index contributed by atoms with van der Waals surface area (Å²) in [5, 5.41) is 12.0. The van der Waals surface area contributed by atoms with Gasteiger partial charge in [0, 0.05) is 6.20 Å². The number of amides is 1. The second-order valence-corrected chi connectivity index (χ2v) is 3.35. The van der Waals surface area contributed by atoms with Gasteiger partial charge in [-0.1, -0.05) is 19.3 Å². The molecule has 2 N–H and O–H groups in total. The van der Waals surface area contributed by atoms with Crippen molar-refractivity contribution in [2.75, 3.05) is 0 Å². The molecule has 84 valence electrons. The van der Waals surface area contributed by atoms with Crippen LogP contribution in [0, 0.1) is 12.3 Å². The van der Waals surface area contributed by atoms with Crippen LogP contribution in [-0.2, 0) is 0 Å². The van der Waals surface area contributed by atoms with Gasteiger partial charge in [-0.2, -0.15) is 0 Å². The van der Waals surface area contributed by atoms with E-state index in [0.717, 1.165) is 6.42 Å². The first-order valence-corrected chi connectivity index (χ1v) is 5.10. The molecule has 1 rings (SSSR count). The first-order valence-electron chi connectivity index (χ1n) is 5.10. The van der Waals surface area contributed by atoms with Crippen LogP contribution in [0.2, 0.25) is 0 Å². The highest BCUT2D eigenvalue weighted by Gasteiger charge is 2.15. The van der Waals surface area contributed by atoms with E-state index in [9.17, 15) is 9.90 Å². The predicted molar refractivity (Wildman–Crippen MR) is 60.9 cm³/mol. The number of nitrogens with zero attached hydrogens (tertiary/aromatic N) is 1. The molecule has 4 heteroatoms. The minimum Gasteiger partial charge on any atom is -0.505 e. The van der Waals surface area contributed by atoms with E-state index in [2.05, 4.69) is 16.2 Å². The summed E-state index contributed by atoms with van der Waals surface area (Å²) in [6.45, 7) is 1.98. The first kappa shape index (κ1) is 12.1. The maximum atomic E-state index is 11.7. The van der Waals surface area contributed by atoms with Crippen molar-refractivity contribution in [2.24, 2.45) is 0 Å². The summed E-state index contributed by atoms with van der Waals surface area (Å²) in [5.41, 5.74) is -0.00106. The molecule has 0 aliphatic rings. The van der Waals surface area contributed by atoms with Gasteiger partial charge in [0.15, 0.2) is 5.69 Å². The van der Waals surface area contributed by atoms with Crippen LogP contribution in [-0.4, -0.2) is 22.0 Å². The van der Waals surface area contributed by atoms with Gasteiger partial charge in [0.1, 0.15) is 5.75 Å². The van der Waals surface area contributed by atoms with Crippen molar-refractivity contribution in [2.45, 2.75) is 25.8 Å². The van der Waals surface area contributed by atoms with Crippen LogP contribution in [0.1, 0.15) is 30.3 Å². The summed E-state index contributed by atoms with van der Waals surface area (Å²) < 4.78 is 0. The molecule has 0 saturated heterocycles. The average molecular weight is 218 g/mol. The number of carbonyl (C=O) groups is 1. The molecule has 1 heterocycles. The van der Waals surface area contributed by atoms with Crippen molar-refractivity contribution in [1.82, 2.24) is 10.3 Å². The zero-order valence-electron chi connectivity index (χ0n) is 9.10. The second-order valence-electron chi connectivity index (χ2n) is 3.35. The summed E-state index contributed by atoms with van der Waals surface area (Å²) in [7, 11) is 0. The molecular weight excluding hydrogens is 204 g/mol. The molecule has 0 aliphatic carbocycles. The zero-order chi connectivity index (χ0) is 12.0. The van der Waals surface area contributed by atoms with Gasteiger partial charge in [-0.25, -0.2) is 4.98 Å². The smallest absolute Gasteiger partial charge is 0.274 e. The lowest BCUT2D eigenvalue weighted by molar-refractivity contribution is 0.0936. The Kier molecular flexibility index (Phi) is 4.34. The van der Waals surface area contributed by atoms with Crippen LogP contribution >= 0.6 is 0 Å². The molecule has 0 aliphatic heterocycles. The van der Waals surface area contributed by atoms with Crippen LogP contribution in [0.5, 0.6) is 5.75 Å². The fourth-order valence-corrected chi connectivity index (χ4v) is 1.28. The number of hydrogen-bond donors (Lipinski definition) is 2. The number of terminal acetylenes is 1. The molecule has 1 unspecified atom stereocenters. The lowest BCUT2D eigenvalue weighted by Gasteiger charge is -2.11. The number of pyridine rings is 1. The molecule has 1 atom stereocenters. The first-order chi connectivity index (χ1) is 7.69. The summed E-state index contributed by atoms with van der Waals surface area (Å²) in [6, 6.07) is 2.64. The SMILES string of the molecule is C#CC(CCC)NC(=O)c1ncccc1O. The van der Waals surface area contributed by atoms with E-state index < -0.39 is 5.91 Å². The summed E-state index contributed by atoms with van der Waals surface area (Å²) in [5.74, 6) is 1.89. The minimum absolute atomic E-state index is 0.00106. The fourth-order valence-electron chi connectivity index (χ4n) is 1.28. The lowest BCUT2D eigenvalue weighted by atomic mass is 10.1. The van der Waals surface area contributed by atoms with Crippen molar-refractivity contribution >= 4 is 5.91 Å². The Labute approximate surface area is 94.7 Å². The standard InChI is InChI=1S/C12H14N2O2/c1-3-6-9(4-2)14-12(16)11-10(15)7-5-8-13-11/h2,5,7-9,15H,3,6H2,1H3,(H,14,16). The maximum absolute atomic E-state index is 11.7. The van der Waals surface area contributed by atoms with Crippen molar-refractivity contribution < 1.29 is 9.90 Å². The van der Waals surface area contributed by atoms with Gasteiger partial charge in [0.25, 0.3) is 5.91 Å². The van der Waals surface area contributed by atoms with Gasteiger partial charge in [0.2, 0.25) is 0 Å². The molecule has 0 bridgehead atoms. The largest absolute Gasteiger partial charge is 0.505 e. The van der Waals surface area contributed by atoms with Crippen LogP contribution in [0.25, 0.3) is 0 Å². The monoisotopic (exact) mass is 218 g/mol. The molecule has 0 radical (unpaired) electrons. The highest BCUT2D eigenvalue weighted by atomic mass is 16.3. The molecule has 0 spiro atoms. The Balaban J connectivity index is 2.73. The van der Waals surface area contributed by atoms with Crippen LogP contribution in [0.15, 0.2) is 18.3 Å². The summed E-state index contributed by atoms with van der Waals surface area (Å²) >= 11 is 0. The third-order valence-corrected chi connectivity index (χ3v) is 2.09. The number of nitrogens with one attached hydrogen (secondary N) is 1.